The molecular formula is C19H31N3O2. The van der Waals surface area contributed by atoms with Gasteiger partial charge in [-0.2, -0.15) is 0 Å². The number of carbonyl (C=O) groups is 1. The van der Waals surface area contributed by atoms with E-state index in [2.05, 4.69) is 43.4 Å². The number of rotatable bonds is 6. The molecule has 1 aliphatic heterocycles. The fourth-order valence-electron chi connectivity index (χ4n) is 3.31. The van der Waals surface area contributed by atoms with Crippen LogP contribution in [0.3, 0.4) is 0 Å². The molecular weight excluding hydrogens is 302 g/mol. The molecule has 0 aliphatic carbocycles. The number of nitrogens with zero attached hydrogens (tertiary/aromatic N) is 2. The van der Waals surface area contributed by atoms with Crippen LogP contribution in [-0.4, -0.2) is 69.2 Å². The average Bonchev–Trinajstić information content (AvgIpc) is 2.55. The van der Waals surface area contributed by atoms with Gasteiger partial charge in [0.15, 0.2) is 0 Å². The summed E-state index contributed by atoms with van der Waals surface area (Å²) in [7, 11) is 8.06. The number of carbonyl (C=O) groups excluding carboxylic acids is 1. The van der Waals surface area contributed by atoms with Gasteiger partial charge in [0.05, 0.1) is 0 Å². The van der Waals surface area contributed by atoms with Crippen molar-refractivity contribution in [3.8, 4) is 0 Å². The molecule has 2 rings (SSSR count). The molecule has 0 aromatic heterocycles. The Labute approximate surface area is 146 Å². The van der Waals surface area contributed by atoms with Gasteiger partial charge in [0.1, 0.15) is 6.04 Å². The third-order valence-corrected chi connectivity index (χ3v) is 5.12. The molecule has 134 valence electrons. The van der Waals surface area contributed by atoms with Gasteiger partial charge in [0.25, 0.3) is 0 Å². The highest BCUT2D eigenvalue weighted by Gasteiger charge is 2.36. The molecule has 1 atom stereocenters. The third-order valence-electron chi connectivity index (χ3n) is 5.12. The lowest BCUT2D eigenvalue weighted by molar-refractivity contribution is -0.126. The van der Waals surface area contributed by atoms with Crippen LogP contribution in [0.25, 0.3) is 0 Å². The van der Waals surface area contributed by atoms with Gasteiger partial charge in [0.2, 0.25) is 5.91 Å². The summed E-state index contributed by atoms with van der Waals surface area (Å²) in [4.78, 5) is 17.1. The predicted octanol–water partition coefficient (Wildman–Crippen LogP) is 1.82. The molecule has 0 spiro atoms. The molecule has 1 N–H and O–H groups in total. The summed E-state index contributed by atoms with van der Waals surface area (Å²) in [5.74, 6) is 0.0524. The first-order chi connectivity index (χ1) is 11.4. The SMILES string of the molecule is Cc1ccc([C@H](C(=O)NCC2(N(C)C)CCOCC2)N(C)C)cc1. The largest absolute Gasteiger partial charge is 0.381 e. The fourth-order valence-corrected chi connectivity index (χ4v) is 3.31. The van der Waals surface area contributed by atoms with Crippen LogP contribution < -0.4 is 5.32 Å². The second-order valence-corrected chi connectivity index (χ2v) is 7.23. The van der Waals surface area contributed by atoms with Crippen LogP contribution in [0.15, 0.2) is 24.3 Å². The molecule has 0 saturated carbocycles. The van der Waals surface area contributed by atoms with Crippen molar-refractivity contribution in [2.75, 3.05) is 47.9 Å². The van der Waals surface area contributed by atoms with Crippen LogP contribution in [0.4, 0.5) is 0 Å². The van der Waals surface area contributed by atoms with Gasteiger partial charge in [-0.15, -0.1) is 0 Å². The van der Waals surface area contributed by atoms with Gasteiger partial charge in [-0.3, -0.25) is 9.69 Å². The van der Waals surface area contributed by atoms with Crippen molar-refractivity contribution >= 4 is 5.91 Å². The maximum atomic E-state index is 12.9. The van der Waals surface area contributed by atoms with Gasteiger partial charge in [-0.1, -0.05) is 29.8 Å². The first-order valence-electron chi connectivity index (χ1n) is 8.62. The zero-order valence-corrected chi connectivity index (χ0v) is 15.6. The number of ether oxygens (including phenoxy) is 1. The van der Waals surface area contributed by atoms with Crippen molar-refractivity contribution in [3.63, 3.8) is 0 Å². The average molecular weight is 333 g/mol. The highest BCUT2D eigenvalue weighted by molar-refractivity contribution is 5.83. The van der Waals surface area contributed by atoms with E-state index in [-0.39, 0.29) is 17.5 Å². The van der Waals surface area contributed by atoms with Gasteiger partial charge in [-0.05, 0) is 53.5 Å². The number of nitrogens with one attached hydrogen (secondary N) is 1. The summed E-state index contributed by atoms with van der Waals surface area (Å²) in [5, 5.41) is 3.19. The fraction of sp³-hybridized carbons (Fsp3) is 0.632. The number of amides is 1. The molecule has 1 saturated heterocycles. The van der Waals surface area contributed by atoms with Crippen LogP contribution in [0.2, 0.25) is 0 Å². The van der Waals surface area contributed by atoms with Crippen LogP contribution >= 0.6 is 0 Å². The molecule has 5 nitrogen and oxygen atoms in total. The highest BCUT2D eigenvalue weighted by Crippen LogP contribution is 2.26. The topological polar surface area (TPSA) is 44.8 Å². The lowest BCUT2D eigenvalue weighted by atomic mass is 9.88. The van der Waals surface area contributed by atoms with Gasteiger partial charge < -0.3 is 15.0 Å². The molecule has 1 aromatic carbocycles. The highest BCUT2D eigenvalue weighted by atomic mass is 16.5. The first kappa shape index (κ1) is 18.9. The molecule has 1 heterocycles. The summed E-state index contributed by atoms with van der Waals surface area (Å²) < 4.78 is 5.50. The molecule has 1 aliphatic rings. The van der Waals surface area contributed by atoms with Crippen LogP contribution in [0, 0.1) is 6.92 Å². The summed E-state index contributed by atoms with van der Waals surface area (Å²) >= 11 is 0. The molecule has 5 heteroatoms. The molecule has 0 radical (unpaired) electrons. The lowest BCUT2D eigenvalue weighted by Gasteiger charge is -2.43. The Hall–Kier alpha value is -1.43. The summed E-state index contributed by atoms with van der Waals surface area (Å²) in [6.45, 7) is 4.21. The Bertz CT molecular complexity index is 534. The van der Waals surface area contributed by atoms with E-state index in [1.165, 1.54) is 5.56 Å². The maximum absolute atomic E-state index is 12.9. The van der Waals surface area contributed by atoms with Crippen molar-refractivity contribution in [2.45, 2.75) is 31.3 Å². The quantitative estimate of drug-likeness (QED) is 0.863. The van der Waals surface area contributed by atoms with E-state index in [1.54, 1.807) is 0 Å². The zero-order chi connectivity index (χ0) is 17.7. The summed E-state index contributed by atoms with van der Waals surface area (Å²) in [6.07, 6.45) is 1.88. The standard InChI is InChI=1S/C19H31N3O2/c1-15-6-8-16(9-7-15)17(21(2)3)18(23)20-14-19(22(4)5)10-12-24-13-11-19/h6-9,17H,10-14H2,1-5H3,(H,20,23)/t17-/m1/s1. The van der Waals surface area contributed by atoms with Crippen LogP contribution in [0.5, 0.6) is 0 Å². The van der Waals surface area contributed by atoms with Crippen molar-refractivity contribution < 1.29 is 9.53 Å². The Balaban J connectivity index is 2.09. The smallest absolute Gasteiger partial charge is 0.242 e. The Morgan fingerprint density at radius 3 is 2.25 bits per heavy atom. The Kier molecular flexibility index (Phi) is 6.38. The zero-order valence-electron chi connectivity index (χ0n) is 15.6. The normalized spacial score (nSPS) is 18.6. The summed E-state index contributed by atoms with van der Waals surface area (Å²) in [6, 6.07) is 7.91. The maximum Gasteiger partial charge on any atom is 0.242 e. The molecule has 1 amide bonds. The van der Waals surface area contributed by atoms with Gasteiger partial charge in [0, 0.05) is 25.3 Å². The van der Waals surface area contributed by atoms with Gasteiger partial charge in [-0.25, -0.2) is 0 Å². The first-order valence-corrected chi connectivity index (χ1v) is 8.62. The molecule has 24 heavy (non-hydrogen) atoms. The van der Waals surface area contributed by atoms with E-state index in [1.807, 2.05) is 31.1 Å². The van der Waals surface area contributed by atoms with E-state index in [9.17, 15) is 4.79 Å². The van der Waals surface area contributed by atoms with E-state index >= 15 is 0 Å². The Morgan fingerprint density at radius 2 is 1.75 bits per heavy atom. The predicted molar refractivity (Wildman–Crippen MR) is 97.1 cm³/mol. The van der Waals surface area contributed by atoms with E-state index in [0.717, 1.165) is 31.6 Å². The van der Waals surface area contributed by atoms with Crippen molar-refractivity contribution in [2.24, 2.45) is 0 Å². The van der Waals surface area contributed by atoms with Gasteiger partial charge >= 0.3 is 0 Å². The van der Waals surface area contributed by atoms with E-state index in [0.29, 0.717) is 6.54 Å². The molecule has 1 fully saturated rings. The van der Waals surface area contributed by atoms with Crippen LogP contribution in [0.1, 0.15) is 30.0 Å². The number of hydrogen-bond donors (Lipinski definition) is 1. The van der Waals surface area contributed by atoms with Crippen molar-refractivity contribution in [1.82, 2.24) is 15.1 Å². The number of benzene rings is 1. The minimum Gasteiger partial charge on any atom is -0.381 e. The number of aryl methyl sites for hydroxylation is 1. The second kappa shape index (κ2) is 8.10. The van der Waals surface area contributed by atoms with E-state index < -0.39 is 0 Å². The summed E-state index contributed by atoms with van der Waals surface area (Å²) in [5.41, 5.74) is 2.21. The number of likely N-dealkylation sites (N-methyl/N-ethyl adjacent to an activating group) is 2. The van der Waals surface area contributed by atoms with Crippen molar-refractivity contribution in [3.05, 3.63) is 35.4 Å². The molecule has 1 aromatic rings. The van der Waals surface area contributed by atoms with E-state index in [4.69, 9.17) is 4.74 Å². The second-order valence-electron chi connectivity index (χ2n) is 7.23. The number of hydrogen-bond acceptors (Lipinski definition) is 4. The minimum absolute atomic E-state index is 0.0158. The molecule has 0 unspecified atom stereocenters. The minimum atomic E-state index is -0.273. The van der Waals surface area contributed by atoms with Crippen molar-refractivity contribution in [1.29, 1.82) is 0 Å². The Morgan fingerprint density at radius 1 is 1.17 bits per heavy atom. The monoisotopic (exact) mass is 333 g/mol. The third kappa shape index (κ3) is 4.35. The molecule has 0 bridgehead atoms. The lowest BCUT2D eigenvalue weighted by Crippen LogP contribution is -2.56. The van der Waals surface area contributed by atoms with Crippen LogP contribution in [-0.2, 0) is 9.53 Å².